The highest BCUT2D eigenvalue weighted by Gasteiger charge is 2.58. The fourth-order valence-electron chi connectivity index (χ4n) is 11.6. The van der Waals surface area contributed by atoms with Crippen LogP contribution < -0.4 is 15.5 Å². The zero-order valence-electron chi connectivity index (χ0n) is 46.5. The largest absolute Gasteiger partial charge is 0.459 e. The molecule has 418 valence electrons. The molecular weight excluding hydrogens is 961 g/mol. The summed E-state index contributed by atoms with van der Waals surface area (Å²) in [4.78, 5) is 31.6. The summed E-state index contributed by atoms with van der Waals surface area (Å²) < 4.78 is 39.2. The highest BCUT2D eigenvalue weighted by molar-refractivity contribution is 5.91. The van der Waals surface area contributed by atoms with E-state index < -0.39 is 108 Å². The molecular formula is C58H88N4O13. The summed E-state index contributed by atoms with van der Waals surface area (Å²) >= 11 is 0. The lowest BCUT2D eigenvalue weighted by Crippen LogP contribution is -2.70. The van der Waals surface area contributed by atoms with Gasteiger partial charge < -0.3 is 69.5 Å². The minimum Gasteiger partial charge on any atom is -0.459 e. The standard InChI is InChI=1S/C58H88N4O13/c1-14-46-57(10,68)50(64)39(6)60-32-35(2)30-55(8,67)51(75-53-48(63)45(29-36(3)71-53)62(12)54(66)61(11)44-23-19-16-20-24-44)37(4)49(38(5)52(65)73-46)74-47-31-56(9,70-13)58(69,40(7)72-47)34-59-33-41-25-27-43(28-26-41)42-21-17-15-18-22-42/h15-28,35-40,45-51,53,59-60,63-64,67-69H,14,29-34H2,1-13H3/t35-,36-,37+,38-,39-,40+,45+,46-,47+,48-,49+,50-,51-,53+,55-,56-,57-,58+/m1/s1. The van der Waals surface area contributed by atoms with Crippen molar-refractivity contribution in [1.29, 1.82) is 0 Å². The molecule has 18 atom stereocenters. The maximum atomic E-state index is 14.7. The topological polar surface area (TPSA) is 221 Å². The highest BCUT2D eigenvalue weighted by atomic mass is 16.7. The fraction of sp³-hybridized carbons (Fsp3) is 0.655. The van der Waals surface area contributed by atoms with Gasteiger partial charge in [-0.25, -0.2) is 4.79 Å². The van der Waals surface area contributed by atoms with Gasteiger partial charge in [-0.1, -0.05) is 93.6 Å². The summed E-state index contributed by atoms with van der Waals surface area (Å²) in [7, 11) is 4.81. The third kappa shape index (κ3) is 13.6. The third-order valence-corrected chi connectivity index (χ3v) is 16.5. The number of hydrogen-bond donors (Lipinski definition) is 7. The number of esters is 1. The van der Waals surface area contributed by atoms with Crippen LogP contribution in [0.25, 0.3) is 11.1 Å². The van der Waals surface area contributed by atoms with Crippen molar-refractivity contribution in [3.05, 3.63) is 90.5 Å². The summed E-state index contributed by atoms with van der Waals surface area (Å²) in [6.07, 6.45) is -9.56. The number of para-hydroxylation sites is 1. The molecule has 3 heterocycles. The molecule has 2 amide bonds. The Morgan fingerprint density at radius 1 is 0.840 bits per heavy atom. The van der Waals surface area contributed by atoms with Crippen molar-refractivity contribution in [2.45, 2.75) is 191 Å². The zero-order valence-corrected chi connectivity index (χ0v) is 46.5. The van der Waals surface area contributed by atoms with E-state index >= 15 is 0 Å². The van der Waals surface area contributed by atoms with Crippen LogP contribution in [0.3, 0.4) is 0 Å². The summed E-state index contributed by atoms with van der Waals surface area (Å²) in [6, 6.07) is 25.7. The van der Waals surface area contributed by atoms with Crippen LogP contribution in [-0.2, 0) is 39.8 Å². The number of methoxy groups -OCH3 is 1. The molecule has 17 heteroatoms. The molecule has 6 rings (SSSR count). The number of nitrogens with zero attached hydrogens (tertiary/aromatic N) is 2. The van der Waals surface area contributed by atoms with E-state index in [0.29, 0.717) is 18.8 Å². The second-order valence-corrected chi connectivity index (χ2v) is 22.5. The van der Waals surface area contributed by atoms with Crippen LogP contribution in [0.4, 0.5) is 10.5 Å². The normalized spacial score (nSPS) is 38.4. The number of cyclic esters (lactones) is 1. The van der Waals surface area contributed by atoms with Crippen LogP contribution in [0.15, 0.2) is 84.9 Å². The Hall–Kier alpha value is -4.08. The number of hydrogen-bond acceptors (Lipinski definition) is 15. The molecule has 0 saturated carbocycles. The Morgan fingerprint density at radius 2 is 1.45 bits per heavy atom. The van der Waals surface area contributed by atoms with E-state index in [-0.39, 0.29) is 44.2 Å². The molecule has 0 unspecified atom stereocenters. The summed E-state index contributed by atoms with van der Waals surface area (Å²) in [5.41, 5.74) is -2.54. The van der Waals surface area contributed by atoms with Crippen molar-refractivity contribution in [3.8, 4) is 11.1 Å². The van der Waals surface area contributed by atoms with E-state index in [2.05, 4.69) is 34.9 Å². The van der Waals surface area contributed by atoms with Gasteiger partial charge in [0, 0.05) is 58.4 Å². The molecule has 3 aromatic rings. The second kappa shape index (κ2) is 25.1. The third-order valence-electron chi connectivity index (χ3n) is 16.5. The summed E-state index contributed by atoms with van der Waals surface area (Å²) in [6.45, 7) is 18.1. The van der Waals surface area contributed by atoms with Gasteiger partial charge in [0.1, 0.15) is 35.1 Å². The molecule has 0 aromatic heterocycles. The summed E-state index contributed by atoms with van der Waals surface area (Å²) in [5.74, 6) is -3.05. The number of carbonyl (C=O) groups is 2. The summed E-state index contributed by atoms with van der Waals surface area (Å²) in [5, 5.41) is 67.8. The Kier molecular flexibility index (Phi) is 20.2. The van der Waals surface area contributed by atoms with Gasteiger partial charge in [0.25, 0.3) is 0 Å². The van der Waals surface area contributed by atoms with Gasteiger partial charge in [-0.15, -0.1) is 0 Å². The van der Waals surface area contributed by atoms with Gasteiger partial charge >= 0.3 is 12.0 Å². The number of aliphatic hydroxyl groups excluding tert-OH is 2. The Bertz CT molecular complexity index is 2280. The smallest absolute Gasteiger partial charge is 0.324 e. The molecule has 0 aliphatic carbocycles. The first-order chi connectivity index (χ1) is 35.3. The first-order valence-electron chi connectivity index (χ1n) is 26.8. The molecule has 3 saturated heterocycles. The molecule has 3 fully saturated rings. The lowest BCUT2D eigenvalue weighted by atomic mass is 9.75. The lowest BCUT2D eigenvalue weighted by molar-refractivity contribution is -0.336. The quantitative estimate of drug-likeness (QED) is 0.0975. The number of nitrogens with one attached hydrogen (secondary N) is 2. The second-order valence-electron chi connectivity index (χ2n) is 22.5. The van der Waals surface area contributed by atoms with Crippen molar-refractivity contribution < 1.29 is 63.5 Å². The van der Waals surface area contributed by atoms with E-state index in [9.17, 15) is 35.1 Å². The van der Waals surface area contributed by atoms with E-state index in [1.54, 1.807) is 62.6 Å². The van der Waals surface area contributed by atoms with E-state index in [0.717, 1.165) is 16.7 Å². The van der Waals surface area contributed by atoms with Crippen molar-refractivity contribution in [2.24, 2.45) is 17.8 Å². The lowest BCUT2D eigenvalue weighted by Gasteiger charge is -2.53. The number of likely N-dealkylation sites (N-methyl/N-ethyl adjacent to an activating group) is 1. The van der Waals surface area contributed by atoms with Gasteiger partial charge in [0.15, 0.2) is 12.6 Å². The average Bonchev–Trinajstić information content (AvgIpc) is 3.39. The predicted molar refractivity (Wildman–Crippen MR) is 286 cm³/mol. The maximum absolute atomic E-state index is 14.7. The van der Waals surface area contributed by atoms with Crippen LogP contribution in [0.2, 0.25) is 0 Å². The number of rotatable bonds is 13. The number of anilines is 1. The molecule has 3 aromatic carbocycles. The van der Waals surface area contributed by atoms with Crippen LogP contribution >= 0.6 is 0 Å². The minimum atomic E-state index is -1.88. The molecule has 3 aliphatic heterocycles. The number of carbonyl (C=O) groups excluding carboxylic acids is 2. The molecule has 75 heavy (non-hydrogen) atoms. The van der Waals surface area contributed by atoms with Crippen molar-refractivity contribution in [2.75, 3.05) is 39.2 Å². The van der Waals surface area contributed by atoms with Crippen molar-refractivity contribution in [3.63, 3.8) is 0 Å². The molecule has 0 bridgehead atoms. The van der Waals surface area contributed by atoms with Gasteiger partial charge in [-0.05, 0) is 109 Å². The SMILES string of the molecule is CC[C@H]1OC(=O)[C@H](C)[C@@H](O[C@H]2C[C@@](C)(OC)[C@](O)(CNCc3ccc(-c4ccccc4)cc3)[C@H](C)O2)[C@H](C)[C@@H](O[C@@H]2O[C@H](C)C[C@H](N(C)C(=O)N(C)c3ccccc3)[C@H]2O)[C@](C)(O)C[C@@H](C)CN[C@H](C)[C@@H](O)[C@]1(C)O. The first kappa shape index (κ1) is 60.2. The highest BCUT2D eigenvalue weighted by Crippen LogP contribution is 2.43. The number of urea groups is 1. The van der Waals surface area contributed by atoms with Crippen LogP contribution in [0, 0.1) is 17.8 Å². The van der Waals surface area contributed by atoms with Crippen molar-refractivity contribution in [1.82, 2.24) is 15.5 Å². The molecule has 0 spiro atoms. The predicted octanol–water partition coefficient (Wildman–Crippen LogP) is 6.01. The van der Waals surface area contributed by atoms with Crippen molar-refractivity contribution >= 4 is 17.7 Å². The first-order valence-corrected chi connectivity index (χ1v) is 26.8. The van der Waals surface area contributed by atoms with Crippen LogP contribution in [-0.4, -0.2) is 167 Å². The molecule has 3 aliphatic rings. The zero-order chi connectivity index (χ0) is 55.2. The monoisotopic (exact) mass is 1050 g/mol. The Morgan fingerprint density at radius 3 is 2.07 bits per heavy atom. The van der Waals surface area contributed by atoms with Crippen LogP contribution in [0.5, 0.6) is 0 Å². The number of amides is 2. The number of aliphatic hydroxyl groups is 5. The molecule has 7 N–H and O–H groups in total. The van der Waals surface area contributed by atoms with E-state index in [1.807, 2.05) is 74.5 Å². The Labute approximate surface area is 445 Å². The molecule has 0 radical (unpaired) electrons. The maximum Gasteiger partial charge on any atom is 0.324 e. The van der Waals surface area contributed by atoms with Gasteiger partial charge in [-0.3, -0.25) is 9.69 Å². The Balaban J connectivity index is 1.31. The fourth-order valence-corrected chi connectivity index (χ4v) is 11.6. The van der Waals surface area contributed by atoms with Gasteiger partial charge in [0.2, 0.25) is 0 Å². The van der Waals surface area contributed by atoms with Crippen LogP contribution in [0.1, 0.15) is 100 Å². The number of ether oxygens (including phenoxy) is 6. The van der Waals surface area contributed by atoms with E-state index in [4.69, 9.17) is 28.4 Å². The minimum absolute atomic E-state index is 0.00517. The van der Waals surface area contributed by atoms with Gasteiger partial charge in [-0.2, -0.15) is 0 Å². The van der Waals surface area contributed by atoms with E-state index in [1.165, 1.54) is 23.8 Å². The number of benzene rings is 3. The molecule has 17 nitrogen and oxygen atoms in total. The van der Waals surface area contributed by atoms with Gasteiger partial charge in [0.05, 0.1) is 42.0 Å². The average molecular weight is 1050 g/mol.